The van der Waals surface area contributed by atoms with E-state index in [-0.39, 0.29) is 16.5 Å². The molecule has 37 heavy (non-hydrogen) atoms. The third kappa shape index (κ3) is 5.16. The lowest BCUT2D eigenvalue weighted by Gasteiger charge is -2.24. The highest BCUT2D eigenvalue weighted by Gasteiger charge is 2.46. The molecule has 4 aromatic rings. The van der Waals surface area contributed by atoms with Gasteiger partial charge < -0.3 is 14.3 Å². The van der Waals surface area contributed by atoms with Crippen LogP contribution in [0.15, 0.2) is 93.1 Å². The van der Waals surface area contributed by atoms with Crippen molar-refractivity contribution in [1.29, 1.82) is 0 Å². The molecule has 0 aliphatic carbocycles. The average Bonchev–Trinajstić information content (AvgIpc) is 3.68. The molecule has 1 atom stereocenters. The van der Waals surface area contributed by atoms with E-state index in [1.165, 1.54) is 40.3 Å². The van der Waals surface area contributed by atoms with Crippen LogP contribution in [0.4, 0.5) is 5.13 Å². The molecular weight excluding hydrogens is 510 g/mol. The van der Waals surface area contributed by atoms with Crippen LogP contribution in [0.1, 0.15) is 41.1 Å². The van der Waals surface area contributed by atoms with Gasteiger partial charge in [0, 0.05) is 5.75 Å². The van der Waals surface area contributed by atoms with E-state index in [0.717, 1.165) is 12.0 Å². The summed E-state index contributed by atoms with van der Waals surface area (Å²) < 4.78 is 11.6. The Morgan fingerprint density at radius 1 is 1.11 bits per heavy atom. The van der Waals surface area contributed by atoms with Crippen molar-refractivity contribution in [1.82, 2.24) is 10.2 Å². The zero-order valence-electron chi connectivity index (χ0n) is 19.9. The number of anilines is 1. The van der Waals surface area contributed by atoms with Crippen molar-refractivity contribution in [2.45, 2.75) is 29.5 Å². The number of ether oxygens (including phenoxy) is 1. The first-order chi connectivity index (χ1) is 18.1. The van der Waals surface area contributed by atoms with Crippen molar-refractivity contribution in [3.8, 4) is 5.75 Å². The number of nitrogens with zero attached hydrogens (tertiary/aromatic N) is 3. The summed E-state index contributed by atoms with van der Waals surface area (Å²) >= 11 is 2.73. The van der Waals surface area contributed by atoms with Gasteiger partial charge in [-0.05, 0) is 41.8 Å². The number of amides is 1. The summed E-state index contributed by atoms with van der Waals surface area (Å²) in [5, 5.41) is 19.6. The minimum atomic E-state index is -0.912. The highest BCUT2D eigenvalue weighted by atomic mass is 32.2. The zero-order chi connectivity index (χ0) is 25.8. The quantitative estimate of drug-likeness (QED) is 0.150. The van der Waals surface area contributed by atoms with Crippen molar-refractivity contribution >= 4 is 39.9 Å². The SMILES string of the molecule is CCCOc1ccc(C2C(C(=O)c3ccco3)=C(O)C(=O)N2c2nnc(SCc3ccccc3)s2)cc1. The Morgan fingerprint density at radius 3 is 2.59 bits per heavy atom. The standard InChI is InChI=1S/C27H23N3O5S2/c1-2-14-34-19-12-10-18(11-13-19)22-21(23(31)20-9-6-15-35-20)24(32)25(33)30(22)26-28-29-27(37-26)36-16-17-7-4-3-5-8-17/h3-13,15,22,32H,2,14,16H2,1H3. The number of thioether (sulfide) groups is 1. The number of aliphatic hydroxyl groups excluding tert-OH is 1. The van der Waals surface area contributed by atoms with Gasteiger partial charge in [-0.1, -0.05) is 72.5 Å². The Hall–Kier alpha value is -3.89. The number of carbonyl (C=O) groups is 2. The first-order valence-electron chi connectivity index (χ1n) is 11.6. The minimum Gasteiger partial charge on any atom is -0.503 e. The van der Waals surface area contributed by atoms with Gasteiger partial charge in [-0.25, -0.2) is 0 Å². The lowest BCUT2D eigenvalue weighted by atomic mass is 9.95. The Kier molecular flexibility index (Phi) is 7.38. The Bertz CT molecular complexity index is 1420. The second kappa shape index (κ2) is 11.0. The smallest absolute Gasteiger partial charge is 0.296 e. The highest BCUT2D eigenvalue weighted by molar-refractivity contribution is 8.00. The monoisotopic (exact) mass is 533 g/mol. The molecule has 5 rings (SSSR count). The molecule has 0 saturated heterocycles. The summed E-state index contributed by atoms with van der Waals surface area (Å²) in [6.07, 6.45) is 2.24. The van der Waals surface area contributed by atoms with E-state index in [0.29, 0.717) is 28.0 Å². The molecule has 1 aliphatic rings. The molecule has 3 heterocycles. The first kappa shape index (κ1) is 24.8. The number of hydrogen-bond donors (Lipinski definition) is 1. The van der Waals surface area contributed by atoms with Crippen molar-refractivity contribution in [2.75, 3.05) is 11.5 Å². The van der Waals surface area contributed by atoms with E-state index in [1.54, 1.807) is 30.3 Å². The molecule has 0 bridgehead atoms. The van der Waals surface area contributed by atoms with Crippen LogP contribution in [0.3, 0.4) is 0 Å². The number of benzene rings is 2. The van der Waals surface area contributed by atoms with Crippen LogP contribution in [0.2, 0.25) is 0 Å². The van der Waals surface area contributed by atoms with Gasteiger partial charge >= 0.3 is 0 Å². The molecule has 2 aromatic carbocycles. The molecule has 0 spiro atoms. The van der Waals surface area contributed by atoms with E-state index >= 15 is 0 Å². The maximum atomic E-state index is 13.3. The van der Waals surface area contributed by atoms with Gasteiger partial charge in [0.05, 0.1) is 24.5 Å². The van der Waals surface area contributed by atoms with Gasteiger partial charge in [0.25, 0.3) is 5.91 Å². The Labute approximate surface area is 221 Å². The topological polar surface area (TPSA) is 106 Å². The molecular formula is C27H23N3O5S2. The lowest BCUT2D eigenvalue weighted by molar-refractivity contribution is -0.117. The zero-order valence-corrected chi connectivity index (χ0v) is 21.5. The molecule has 0 saturated carbocycles. The van der Waals surface area contributed by atoms with Gasteiger partial charge in [0.15, 0.2) is 15.9 Å². The van der Waals surface area contributed by atoms with Gasteiger partial charge in [0.1, 0.15) is 5.75 Å². The van der Waals surface area contributed by atoms with Crippen LogP contribution < -0.4 is 9.64 Å². The Morgan fingerprint density at radius 2 is 1.89 bits per heavy atom. The van der Waals surface area contributed by atoms with Gasteiger partial charge in [-0.3, -0.25) is 14.5 Å². The predicted molar refractivity (Wildman–Crippen MR) is 141 cm³/mol. The molecule has 188 valence electrons. The number of ketones is 1. The number of furan rings is 1. The number of rotatable bonds is 10. The van der Waals surface area contributed by atoms with E-state index in [4.69, 9.17) is 9.15 Å². The molecule has 1 amide bonds. The highest BCUT2D eigenvalue weighted by Crippen LogP contribution is 2.44. The molecule has 1 N–H and O–H groups in total. The third-order valence-electron chi connectivity index (χ3n) is 5.67. The van der Waals surface area contributed by atoms with Crippen LogP contribution in [-0.2, 0) is 10.5 Å². The van der Waals surface area contributed by atoms with Crippen LogP contribution in [0.5, 0.6) is 5.75 Å². The van der Waals surface area contributed by atoms with Crippen LogP contribution >= 0.6 is 23.1 Å². The molecule has 2 aromatic heterocycles. The number of carbonyl (C=O) groups excluding carboxylic acids is 2. The molecule has 0 fully saturated rings. The van der Waals surface area contributed by atoms with E-state index in [9.17, 15) is 14.7 Å². The molecule has 0 radical (unpaired) electrons. The van der Waals surface area contributed by atoms with E-state index < -0.39 is 23.5 Å². The summed E-state index contributed by atoms with van der Waals surface area (Å²) in [7, 11) is 0. The largest absolute Gasteiger partial charge is 0.503 e. The number of aliphatic hydroxyl groups is 1. The fraction of sp³-hybridized carbons (Fsp3) is 0.185. The van der Waals surface area contributed by atoms with E-state index in [1.807, 2.05) is 37.3 Å². The summed E-state index contributed by atoms with van der Waals surface area (Å²) in [6, 6.07) is 19.2. The molecule has 10 heteroatoms. The maximum Gasteiger partial charge on any atom is 0.296 e. The maximum absolute atomic E-state index is 13.3. The first-order valence-corrected chi connectivity index (χ1v) is 13.4. The van der Waals surface area contributed by atoms with Crippen molar-refractivity contribution in [3.05, 3.63) is 101 Å². The van der Waals surface area contributed by atoms with Gasteiger partial charge in [-0.15, -0.1) is 10.2 Å². The van der Waals surface area contributed by atoms with E-state index in [2.05, 4.69) is 10.2 Å². The Balaban J connectivity index is 1.48. The number of aromatic nitrogens is 2. The second-order valence-electron chi connectivity index (χ2n) is 8.19. The van der Waals surface area contributed by atoms with Crippen molar-refractivity contribution < 1.29 is 23.8 Å². The molecule has 1 unspecified atom stereocenters. The predicted octanol–water partition coefficient (Wildman–Crippen LogP) is 6.00. The van der Waals surface area contributed by atoms with Gasteiger partial charge in [0.2, 0.25) is 10.9 Å². The van der Waals surface area contributed by atoms with Crippen LogP contribution in [-0.4, -0.2) is 33.6 Å². The number of hydrogen-bond acceptors (Lipinski definition) is 9. The second-order valence-corrected chi connectivity index (χ2v) is 10.4. The van der Waals surface area contributed by atoms with Crippen LogP contribution in [0, 0.1) is 0 Å². The van der Waals surface area contributed by atoms with Crippen LogP contribution in [0.25, 0.3) is 0 Å². The summed E-state index contributed by atoms with van der Waals surface area (Å²) in [5.41, 5.74) is 1.68. The van der Waals surface area contributed by atoms with Crippen molar-refractivity contribution in [2.24, 2.45) is 0 Å². The lowest BCUT2D eigenvalue weighted by Crippen LogP contribution is -2.31. The summed E-state index contributed by atoms with van der Waals surface area (Å²) in [6.45, 7) is 2.59. The van der Waals surface area contributed by atoms with Gasteiger partial charge in [-0.2, -0.15) is 0 Å². The summed E-state index contributed by atoms with van der Waals surface area (Å²) in [4.78, 5) is 28.0. The fourth-order valence-corrected chi connectivity index (χ4v) is 5.76. The van der Waals surface area contributed by atoms with Crippen molar-refractivity contribution in [3.63, 3.8) is 0 Å². The third-order valence-corrected chi connectivity index (χ3v) is 7.80. The molecule has 8 nitrogen and oxygen atoms in total. The molecule has 1 aliphatic heterocycles. The fourth-order valence-electron chi connectivity index (χ4n) is 3.93. The number of Topliss-reactive ketones (excluding diaryl/α,β-unsaturated/α-hetero) is 1. The summed E-state index contributed by atoms with van der Waals surface area (Å²) in [5.74, 6) is -0.534. The minimum absolute atomic E-state index is 0.0282. The normalized spacial score (nSPS) is 15.4. The average molecular weight is 534 g/mol.